The number of carbonyl (C=O) groups excluding carboxylic acids is 2. The number of hydrazone groups is 1. The third-order valence-electron chi connectivity index (χ3n) is 2.74. The lowest BCUT2D eigenvalue weighted by Gasteiger charge is -2.05. The van der Waals surface area contributed by atoms with Crippen LogP contribution >= 0.6 is 0 Å². The first-order valence-electron chi connectivity index (χ1n) is 6.17. The van der Waals surface area contributed by atoms with Crippen LogP contribution in [0.3, 0.4) is 0 Å². The molecule has 8 heteroatoms. The van der Waals surface area contributed by atoms with Crippen LogP contribution in [0.2, 0.25) is 0 Å². The predicted molar refractivity (Wildman–Crippen MR) is 68.3 cm³/mol. The maximum atomic E-state index is 12.3. The van der Waals surface area contributed by atoms with E-state index in [1.165, 1.54) is 12.1 Å². The molecule has 2 N–H and O–H groups in total. The summed E-state index contributed by atoms with van der Waals surface area (Å²) in [4.78, 5) is 22.6. The molecule has 0 heterocycles. The molecule has 0 aliphatic heterocycles. The summed E-state index contributed by atoms with van der Waals surface area (Å²) in [5.41, 5.74) is 1.60. The van der Waals surface area contributed by atoms with Crippen molar-refractivity contribution >= 4 is 18.0 Å². The number of alkyl halides is 3. The highest BCUT2D eigenvalue weighted by molar-refractivity contribution is 6.35. The first kappa shape index (κ1) is 15.0. The molecule has 21 heavy (non-hydrogen) atoms. The molecule has 0 saturated heterocycles. The fourth-order valence-corrected chi connectivity index (χ4v) is 1.45. The quantitative estimate of drug-likeness (QED) is 0.503. The molecule has 2 rings (SSSR count). The van der Waals surface area contributed by atoms with Gasteiger partial charge in [-0.25, -0.2) is 5.43 Å². The Morgan fingerprint density at radius 1 is 1.14 bits per heavy atom. The average Bonchev–Trinajstić information content (AvgIpc) is 3.22. The zero-order valence-corrected chi connectivity index (χ0v) is 10.8. The first-order chi connectivity index (χ1) is 9.86. The third-order valence-corrected chi connectivity index (χ3v) is 2.74. The molecule has 0 atom stereocenters. The number of nitrogens with one attached hydrogen (secondary N) is 2. The molecule has 1 fully saturated rings. The Hall–Kier alpha value is -2.38. The fourth-order valence-electron chi connectivity index (χ4n) is 1.45. The Morgan fingerprint density at radius 2 is 1.76 bits per heavy atom. The fraction of sp³-hybridized carbons (Fsp3) is 0.308. The summed E-state index contributed by atoms with van der Waals surface area (Å²) >= 11 is 0. The van der Waals surface area contributed by atoms with E-state index in [-0.39, 0.29) is 6.04 Å². The summed E-state index contributed by atoms with van der Waals surface area (Å²) in [6.07, 6.45) is -1.53. The number of hydrogen-bond acceptors (Lipinski definition) is 3. The maximum absolute atomic E-state index is 12.3. The monoisotopic (exact) mass is 299 g/mol. The minimum atomic E-state index is -4.40. The number of amides is 2. The van der Waals surface area contributed by atoms with Crippen LogP contribution in [0.4, 0.5) is 13.2 Å². The van der Waals surface area contributed by atoms with Crippen LogP contribution in [0.15, 0.2) is 29.4 Å². The Labute approximate surface area is 118 Å². The number of nitrogens with zero attached hydrogens (tertiary/aromatic N) is 1. The standard InChI is InChI=1S/C13H12F3N3O2/c14-13(15,16)9-3-1-8(2-4-9)7-17-19-12(21)11(20)18-10-5-6-10/h1-4,7,10H,5-6H2,(H,18,20)(H,19,21)/b17-7-. The second kappa shape index (κ2) is 5.94. The van der Waals surface area contributed by atoms with E-state index in [4.69, 9.17) is 0 Å². The zero-order chi connectivity index (χ0) is 15.5. The second-order valence-electron chi connectivity index (χ2n) is 4.57. The van der Waals surface area contributed by atoms with Crippen molar-refractivity contribution in [2.24, 2.45) is 5.10 Å². The van der Waals surface area contributed by atoms with Crippen LogP contribution < -0.4 is 10.7 Å². The van der Waals surface area contributed by atoms with Crippen LogP contribution in [0.25, 0.3) is 0 Å². The van der Waals surface area contributed by atoms with Crippen LogP contribution in [0.5, 0.6) is 0 Å². The van der Waals surface area contributed by atoms with E-state index in [2.05, 4.69) is 10.4 Å². The van der Waals surface area contributed by atoms with Crippen LogP contribution in [-0.2, 0) is 15.8 Å². The van der Waals surface area contributed by atoms with E-state index in [1.807, 2.05) is 5.43 Å². The highest BCUT2D eigenvalue weighted by atomic mass is 19.4. The molecule has 1 aliphatic carbocycles. The molecule has 5 nitrogen and oxygen atoms in total. The van der Waals surface area contributed by atoms with E-state index in [0.717, 1.165) is 31.2 Å². The van der Waals surface area contributed by atoms with Gasteiger partial charge in [0.2, 0.25) is 0 Å². The van der Waals surface area contributed by atoms with Crippen molar-refractivity contribution in [3.63, 3.8) is 0 Å². The largest absolute Gasteiger partial charge is 0.416 e. The summed E-state index contributed by atoms with van der Waals surface area (Å²) in [6, 6.07) is 4.29. The summed E-state index contributed by atoms with van der Waals surface area (Å²) in [5.74, 6) is -1.69. The van der Waals surface area contributed by atoms with Gasteiger partial charge in [-0.1, -0.05) is 12.1 Å². The van der Waals surface area contributed by atoms with Crippen LogP contribution in [0, 0.1) is 0 Å². The lowest BCUT2D eigenvalue weighted by molar-refractivity contribution is -0.139. The van der Waals surface area contributed by atoms with Crippen LogP contribution in [0.1, 0.15) is 24.0 Å². The Balaban J connectivity index is 1.86. The number of hydrogen-bond donors (Lipinski definition) is 2. The molecular weight excluding hydrogens is 287 g/mol. The topological polar surface area (TPSA) is 70.6 Å². The molecule has 1 aliphatic rings. The molecule has 1 aromatic carbocycles. The van der Waals surface area contributed by atoms with E-state index in [9.17, 15) is 22.8 Å². The minimum Gasteiger partial charge on any atom is -0.345 e. The summed E-state index contributed by atoms with van der Waals surface area (Å²) in [7, 11) is 0. The Bertz CT molecular complexity index is 563. The lowest BCUT2D eigenvalue weighted by atomic mass is 10.1. The summed E-state index contributed by atoms with van der Waals surface area (Å²) < 4.78 is 37.0. The molecule has 2 amide bonds. The van der Waals surface area contributed by atoms with Crippen molar-refractivity contribution in [3.8, 4) is 0 Å². The van der Waals surface area contributed by atoms with Gasteiger partial charge in [0.05, 0.1) is 11.8 Å². The zero-order valence-electron chi connectivity index (χ0n) is 10.8. The first-order valence-corrected chi connectivity index (χ1v) is 6.17. The van der Waals surface area contributed by atoms with Crippen LogP contribution in [-0.4, -0.2) is 24.1 Å². The van der Waals surface area contributed by atoms with Gasteiger partial charge < -0.3 is 5.32 Å². The van der Waals surface area contributed by atoms with Gasteiger partial charge in [-0.3, -0.25) is 9.59 Å². The second-order valence-corrected chi connectivity index (χ2v) is 4.57. The Morgan fingerprint density at radius 3 is 2.29 bits per heavy atom. The van der Waals surface area contributed by atoms with E-state index in [1.54, 1.807) is 0 Å². The van der Waals surface area contributed by atoms with Crippen molar-refractivity contribution in [2.75, 3.05) is 0 Å². The molecule has 1 aromatic rings. The number of halogens is 3. The van der Waals surface area contributed by atoms with Crippen molar-refractivity contribution in [1.29, 1.82) is 0 Å². The third kappa shape index (κ3) is 4.59. The van der Waals surface area contributed by atoms with Gasteiger partial charge in [-0.05, 0) is 30.5 Å². The van der Waals surface area contributed by atoms with Gasteiger partial charge in [0.25, 0.3) is 0 Å². The number of rotatable bonds is 3. The molecular formula is C13H12F3N3O2. The summed E-state index contributed by atoms with van der Waals surface area (Å²) in [5, 5.41) is 5.99. The molecule has 1 saturated carbocycles. The highest BCUT2D eigenvalue weighted by Gasteiger charge is 2.29. The molecule has 0 aromatic heterocycles. The van der Waals surface area contributed by atoms with Crippen molar-refractivity contribution in [2.45, 2.75) is 25.1 Å². The van der Waals surface area contributed by atoms with Gasteiger partial charge in [0.15, 0.2) is 0 Å². The molecule has 0 unspecified atom stereocenters. The van der Waals surface area contributed by atoms with E-state index < -0.39 is 23.6 Å². The van der Waals surface area contributed by atoms with Crippen molar-refractivity contribution < 1.29 is 22.8 Å². The van der Waals surface area contributed by atoms with Gasteiger partial charge >= 0.3 is 18.0 Å². The maximum Gasteiger partial charge on any atom is 0.416 e. The summed E-state index contributed by atoms with van der Waals surface area (Å²) in [6.45, 7) is 0. The van der Waals surface area contributed by atoms with Gasteiger partial charge in [0.1, 0.15) is 0 Å². The van der Waals surface area contributed by atoms with Gasteiger partial charge in [-0.2, -0.15) is 18.3 Å². The molecule has 0 radical (unpaired) electrons. The smallest absolute Gasteiger partial charge is 0.345 e. The molecule has 112 valence electrons. The molecule has 0 spiro atoms. The van der Waals surface area contributed by atoms with Crippen molar-refractivity contribution in [3.05, 3.63) is 35.4 Å². The molecule has 0 bridgehead atoms. The highest BCUT2D eigenvalue weighted by Crippen LogP contribution is 2.28. The van der Waals surface area contributed by atoms with Gasteiger partial charge in [0, 0.05) is 6.04 Å². The van der Waals surface area contributed by atoms with E-state index in [0.29, 0.717) is 5.56 Å². The Kier molecular flexibility index (Phi) is 4.25. The number of carbonyl (C=O) groups is 2. The predicted octanol–water partition coefficient (Wildman–Crippen LogP) is 1.43. The van der Waals surface area contributed by atoms with Crippen molar-refractivity contribution in [1.82, 2.24) is 10.7 Å². The van der Waals surface area contributed by atoms with E-state index >= 15 is 0 Å². The normalized spacial score (nSPS) is 15.0. The minimum absolute atomic E-state index is 0.0575. The lowest BCUT2D eigenvalue weighted by Crippen LogP contribution is -2.38. The van der Waals surface area contributed by atoms with Gasteiger partial charge in [-0.15, -0.1) is 0 Å². The number of benzene rings is 1. The SMILES string of the molecule is O=C(N/N=C\c1ccc(C(F)(F)F)cc1)C(=O)NC1CC1. The average molecular weight is 299 g/mol.